The number of hydrogen-bond acceptors (Lipinski definition) is 3. The predicted octanol–water partition coefficient (Wildman–Crippen LogP) is 5.11. The summed E-state index contributed by atoms with van der Waals surface area (Å²) < 4.78 is 40.0. The third-order valence-electron chi connectivity index (χ3n) is 4.24. The number of hydrogen-bond donors (Lipinski definition) is 1. The van der Waals surface area contributed by atoms with Crippen LogP contribution in [0.2, 0.25) is 0 Å². The van der Waals surface area contributed by atoms with Crippen LogP contribution in [-0.4, -0.2) is 24.0 Å². The lowest BCUT2D eigenvalue weighted by Gasteiger charge is -2.31. The minimum Gasteiger partial charge on any atom is -0.370 e. The average Bonchev–Trinajstić information content (AvgIpc) is 2.61. The quantitative estimate of drug-likeness (QED) is 0.740. The molecule has 0 atom stereocenters. The number of carbonyl (C=O) groups excluding carboxylic acids is 1. The average molecular weight is 428 g/mol. The summed E-state index contributed by atoms with van der Waals surface area (Å²) in [6.45, 7) is 1.51. The third kappa shape index (κ3) is 4.35. The lowest BCUT2D eigenvalue weighted by Crippen LogP contribution is -2.30. The first-order valence-electron chi connectivity index (χ1n) is 8.23. The summed E-state index contributed by atoms with van der Waals surface area (Å²) in [5.41, 5.74) is 0.239. The fourth-order valence-electron chi connectivity index (χ4n) is 2.95. The Morgan fingerprint density at radius 1 is 1.12 bits per heavy atom. The van der Waals surface area contributed by atoms with Crippen LogP contribution in [0.4, 0.5) is 24.5 Å². The molecule has 4 nitrogen and oxygen atoms in total. The number of nitrogens with zero attached hydrogens (tertiary/aromatic N) is 2. The maximum Gasteiger partial charge on any atom is 0.416 e. The Balaban J connectivity index is 1.94. The Morgan fingerprint density at radius 2 is 1.85 bits per heavy atom. The van der Waals surface area contributed by atoms with Gasteiger partial charge in [-0.25, -0.2) is 0 Å². The van der Waals surface area contributed by atoms with Gasteiger partial charge in [0.05, 0.1) is 22.5 Å². The van der Waals surface area contributed by atoms with Crippen LogP contribution >= 0.6 is 15.9 Å². The molecule has 3 rings (SSSR count). The first-order valence-corrected chi connectivity index (χ1v) is 9.02. The molecule has 26 heavy (non-hydrogen) atoms. The molecule has 138 valence electrons. The van der Waals surface area contributed by atoms with E-state index in [1.165, 1.54) is 18.5 Å². The zero-order valence-corrected chi connectivity index (χ0v) is 15.4. The van der Waals surface area contributed by atoms with Crippen LogP contribution in [0.1, 0.15) is 35.2 Å². The summed E-state index contributed by atoms with van der Waals surface area (Å²) in [4.78, 5) is 18.4. The highest BCUT2D eigenvalue weighted by atomic mass is 79.9. The molecule has 0 radical (unpaired) electrons. The van der Waals surface area contributed by atoms with E-state index in [1.54, 1.807) is 6.07 Å². The minimum absolute atomic E-state index is 0.159. The van der Waals surface area contributed by atoms with Gasteiger partial charge in [0.2, 0.25) is 0 Å². The summed E-state index contributed by atoms with van der Waals surface area (Å²) in [6, 6.07) is 5.05. The van der Waals surface area contributed by atoms with Gasteiger partial charge in [0.1, 0.15) is 0 Å². The van der Waals surface area contributed by atoms with Gasteiger partial charge in [-0.05, 0) is 59.5 Å². The summed E-state index contributed by atoms with van der Waals surface area (Å²) in [5.74, 6) is -0.503. The van der Waals surface area contributed by atoms with E-state index in [0.29, 0.717) is 10.2 Å². The number of benzene rings is 1. The van der Waals surface area contributed by atoms with Crippen molar-refractivity contribution in [2.45, 2.75) is 25.4 Å². The van der Waals surface area contributed by atoms with Crippen molar-refractivity contribution >= 4 is 33.2 Å². The molecule has 1 aromatic heterocycles. The lowest BCUT2D eigenvalue weighted by atomic mass is 10.1. The predicted molar refractivity (Wildman–Crippen MR) is 97.4 cm³/mol. The van der Waals surface area contributed by atoms with Crippen molar-refractivity contribution in [2.24, 2.45) is 0 Å². The Morgan fingerprint density at radius 3 is 2.50 bits per heavy atom. The number of aromatic nitrogens is 1. The highest BCUT2D eigenvalue weighted by molar-refractivity contribution is 9.10. The van der Waals surface area contributed by atoms with E-state index < -0.39 is 17.6 Å². The first-order chi connectivity index (χ1) is 12.3. The van der Waals surface area contributed by atoms with Crippen LogP contribution < -0.4 is 10.2 Å². The topological polar surface area (TPSA) is 45.2 Å². The number of pyridine rings is 1. The van der Waals surface area contributed by atoms with Gasteiger partial charge >= 0.3 is 6.18 Å². The zero-order chi connectivity index (χ0) is 18.7. The van der Waals surface area contributed by atoms with Gasteiger partial charge in [0, 0.05) is 30.0 Å². The van der Waals surface area contributed by atoms with Crippen molar-refractivity contribution < 1.29 is 18.0 Å². The van der Waals surface area contributed by atoms with Gasteiger partial charge in [-0.3, -0.25) is 9.78 Å². The molecule has 1 aromatic carbocycles. The second-order valence-electron chi connectivity index (χ2n) is 6.12. The fourth-order valence-corrected chi connectivity index (χ4v) is 3.32. The molecule has 0 aliphatic carbocycles. The summed E-state index contributed by atoms with van der Waals surface area (Å²) in [7, 11) is 0. The maximum absolute atomic E-state index is 13.1. The van der Waals surface area contributed by atoms with E-state index in [-0.39, 0.29) is 11.3 Å². The number of nitrogens with one attached hydrogen (secondary N) is 1. The largest absolute Gasteiger partial charge is 0.416 e. The van der Waals surface area contributed by atoms with Gasteiger partial charge < -0.3 is 10.2 Å². The zero-order valence-electron chi connectivity index (χ0n) is 13.8. The van der Waals surface area contributed by atoms with Crippen molar-refractivity contribution in [1.29, 1.82) is 0 Å². The van der Waals surface area contributed by atoms with Crippen molar-refractivity contribution in [3.8, 4) is 0 Å². The Labute approximate surface area is 157 Å². The van der Waals surface area contributed by atoms with Crippen molar-refractivity contribution in [3.63, 3.8) is 0 Å². The van der Waals surface area contributed by atoms with E-state index in [9.17, 15) is 18.0 Å². The van der Waals surface area contributed by atoms with E-state index in [1.807, 2.05) is 4.90 Å². The molecule has 0 saturated carbocycles. The molecule has 1 saturated heterocycles. The van der Waals surface area contributed by atoms with Gasteiger partial charge in [0.25, 0.3) is 5.91 Å². The number of carbonyl (C=O) groups is 1. The highest BCUT2D eigenvalue weighted by Gasteiger charge is 2.32. The lowest BCUT2D eigenvalue weighted by molar-refractivity contribution is -0.137. The van der Waals surface area contributed by atoms with Crippen LogP contribution in [0, 0.1) is 0 Å². The van der Waals surface area contributed by atoms with Crippen LogP contribution in [0.3, 0.4) is 0 Å². The summed E-state index contributed by atoms with van der Waals surface area (Å²) in [6.07, 6.45) is 1.47. The van der Waals surface area contributed by atoms with Crippen LogP contribution in [0.5, 0.6) is 0 Å². The second kappa shape index (κ2) is 7.65. The van der Waals surface area contributed by atoms with Gasteiger partial charge in [-0.2, -0.15) is 13.2 Å². The molecular weight excluding hydrogens is 411 g/mol. The van der Waals surface area contributed by atoms with Crippen LogP contribution in [0.25, 0.3) is 0 Å². The molecule has 0 unspecified atom stereocenters. The van der Waals surface area contributed by atoms with Crippen LogP contribution in [0.15, 0.2) is 41.1 Å². The Bertz CT molecular complexity index is 805. The molecule has 1 aliphatic rings. The third-order valence-corrected chi connectivity index (χ3v) is 4.67. The molecule has 2 aromatic rings. The monoisotopic (exact) mass is 427 g/mol. The summed E-state index contributed by atoms with van der Waals surface area (Å²) in [5, 5.41) is 2.62. The Kier molecular flexibility index (Phi) is 5.50. The highest BCUT2D eigenvalue weighted by Crippen LogP contribution is 2.36. The minimum atomic E-state index is -4.47. The smallest absolute Gasteiger partial charge is 0.370 e. The van der Waals surface area contributed by atoms with Gasteiger partial charge in [-0.1, -0.05) is 0 Å². The number of piperidine rings is 1. The number of halogens is 4. The van der Waals surface area contributed by atoms with E-state index >= 15 is 0 Å². The maximum atomic E-state index is 13.1. The number of amides is 1. The molecule has 0 spiro atoms. The fraction of sp³-hybridized carbons (Fsp3) is 0.333. The van der Waals surface area contributed by atoms with Gasteiger partial charge in [0.15, 0.2) is 0 Å². The molecule has 1 fully saturated rings. The van der Waals surface area contributed by atoms with Crippen molar-refractivity contribution in [1.82, 2.24) is 4.98 Å². The molecular formula is C18H17BrF3N3O. The first kappa shape index (κ1) is 18.7. The molecule has 0 bridgehead atoms. The number of rotatable bonds is 3. The molecule has 8 heteroatoms. The molecule has 1 amide bonds. The van der Waals surface area contributed by atoms with E-state index in [4.69, 9.17) is 0 Å². The van der Waals surface area contributed by atoms with Crippen molar-refractivity contribution in [3.05, 3.63) is 52.3 Å². The number of alkyl halides is 3. The second-order valence-corrected chi connectivity index (χ2v) is 7.04. The van der Waals surface area contributed by atoms with E-state index in [2.05, 4.69) is 26.2 Å². The van der Waals surface area contributed by atoms with Gasteiger partial charge in [-0.15, -0.1) is 0 Å². The summed E-state index contributed by atoms with van der Waals surface area (Å²) >= 11 is 3.23. The standard InChI is InChI=1S/C18H17BrF3N3O/c19-14-8-12(10-23-11-14)17(26)24-15-9-13(18(20,21)22)4-5-16(15)25-6-2-1-3-7-25/h4-5,8-11H,1-3,6-7H2,(H,24,26). The molecule has 2 heterocycles. The number of anilines is 2. The Hall–Kier alpha value is -2.09. The molecule has 1 N–H and O–H groups in total. The van der Waals surface area contributed by atoms with E-state index in [0.717, 1.165) is 44.5 Å². The molecule has 1 aliphatic heterocycles. The SMILES string of the molecule is O=C(Nc1cc(C(F)(F)F)ccc1N1CCCCC1)c1cncc(Br)c1. The van der Waals surface area contributed by atoms with Crippen molar-refractivity contribution in [2.75, 3.05) is 23.3 Å². The van der Waals surface area contributed by atoms with Crippen LogP contribution in [-0.2, 0) is 6.18 Å². The normalized spacial score (nSPS) is 15.0.